The Labute approximate surface area is 97.4 Å². The summed E-state index contributed by atoms with van der Waals surface area (Å²) >= 11 is 0. The van der Waals surface area contributed by atoms with Crippen LogP contribution in [-0.2, 0) is 4.79 Å². The molecule has 2 heterocycles. The smallest absolute Gasteiger partial charge is 0.224 e. The van der Waals surface area contributed by atoms with E-state index < -0.39 is 0 Å². The highest BCUT2D eigenvalue weighted by molar-refractivity contribution is 5.80. The molecule has 2 aliphatic heterocycles. The zero-order valence-corrected chi connectivity index (χ0v) is 10.1. The molecule has 2 N–H and O–H groups in total. The van der Waals surface area contributed by atoms with Crippen LogP contribution < -0.4 is 10.6 Å². The zero-order chi connectivity index (χ0) is 11.2. The van der Waals surface area contributed by atoms with Crippen LogP contribution >= 0.6 is 0 Å². The summed E-state index contributed by atoms with van der Waals surface area (Å²) in [6, 6.07) is 1.10. The maximum atomic E-state index is 12.1. The Morgan fingerprint density at radius 3 is 2.75 bits per heavy atom. The fourth-order valence-electron chi connectivity index (χ4n) is 3.35. The van der Waals surface area contributed by atoms with Crippen LogP contribution in [0.2, 0.25) is 0 Å². The van der Waals surface area contributed by atoms with Crippen LogP contribution in [-0.4, -0.2) is 24.5 Å². The third-order valence-electron chi connectivity index (χ3n) is 4.98. The number of carbonyl (C=O) groups is 1. The molecule has 0 radical (unpaired) electrons. The van der Waals surface area contributed by atoms with E-state index in [2.05, 4.69) is 17.6 Å². The van der Waals surface area contributed by atoms with Crippen molar-refractivity contribution in [1.82, 2.24) is 10.6 Å². The van der Waals surface area contributed by atoms with E-state index in [0.717, 1.165) is 13.0 Å². The molecule has 3 rings (SSSR count). The van der Waals surface area contributed by atoms with Crippen LogP contribution in [0.25, 0.3) is 0 Å². The molecule has 1 aliphatic carbocycles. The van der Waals surface area contributed by atoms with E-state index in [9.17, 15) is 4.79 Å². The van der Waals surface area contributed by atoms with E-state index in [-0.39, 0.29) is 5.92 Å². The van der Waals surface area contributed by atoms with Crippen molar-refractivity contribution in [3.63, 3.8) is 0 Å². The van der Waals surface area contributed by atoms with Gasteiger partial charge in [-0.05, 0) is 43.9 Å². The van der Waals surface area contributed by atoms with Crippen LogP contribution in [0.1, 0.15) is 45.4 Å². The molecule has 3 unspecified atom stereocenters. The summed E-state index contributed by atoms with van der Waals surface area (Å²) in [5, 5.41) is 6.71. The number of amides is 1. The van der Waals surface area contributed by atoms with Gasteiger partial charge in [-0.2, -0.15) is 0 Å². The molecular weight excluding hydrogens is 200 g/mol. The molecule has 16 heavy (non-hydrogen) atoms. The summed E-state index contributed by atoms with van der Waals surface area (Å²) in [7, 11) is 0. The third-order valence-corrected chi connectivity index (χ3v) is 4.98. The highest BCUT2D eigenvalue weighted by Gasteiger charge is 2.44. The SMILES string of the molecule is CCC1(CNC(=O)C2CC3CCC2N3)CC1. The predicted molar refractivity (Wildman–Crippen MR) is 63.0 cm³/mol. The molecule has 2 bridgehead atoms. The van der Waals surface area contributed by atoms with Gasteiger partial charge in [0, 0.05) is 18.6 Å². The second kappa shape index (κ2) is 3.73. The van der Waals surface area contributed by atoms with Gasteiger partial charge in [0.1, 0.15) is 0 Å². The van der Waals surface area contributed by atoms with Crippen molar-refractivity contribution in [2.75, 3.05) is 6.54 Å². The van der Waals surface area contributed by atoms with Gasteiger partial charge in [0.25, 0.3) is 0 Å². The fraction of sp³-hybridized carbons (Fsp3) is 0.923. The lowest BCUT2D eigenvalue weighted by Gasteiger charge is -2.21. The number of rotatable bonds is 4. The van der Waals surface area contributed by atoms with Crippen molar-refractivity contribution in [3.05, 3.63) is 0 Å². The molecule has 3 aliphatic rings. The summed E-state index contributed by atoms with van der Waals surface area (Å²) in [6.45, 7) is 3.15. The Hall–Kier alpha value is -0.570. The number of carbonyl (C=O) groups excluding carboxylic acids is 1. The molecule has 1 amide bonds. The zero-order valence-electron chi connectivity index (χ0n) is 10.1. The molecule has 0 aromatic rings. The Kier molecular flexibility index (Phi) is 2.46. The Balaban J connectivity index is 1.50. The Morgan fingerprint density at radius 1 is 1.44 bits per heavy atom. The first-order valence-corrected chi connectivity index (χ1v) is 6.76. The molecule has 3 fully saturated rings. The van der Waals surface area contributed by atoms with E-state index in [1.165, 1.54) is 32.1 Å². The van der Waals surface area contributed by atoms with Gasteiger partial charge in [0.15, 0.2) is 0 Å². The molecule has 3 atom stereocenters. The van der Waals surface area contributed by atoms with Gasteiger partial charge in [-0.15, -0.1) is 0 Å². The minimum absolute atomic E-state index is 0.256. The van der Waals surface area contributed by atoms with Gasteiger partial charge in [0.05, 0.1) is 5.92 Å². The lowest BCUT2D eigenvalue weighted by Crippen LogP contribution is -2.39. The second-order valence-electron chi connectivity index (χ2n) is 5.96. The van der Waals surface area contributed by atoms with E-state index in [1.807, 2.05) is 0 Å². The van der Waals surface area contributed by atoms with Crippen molar-refractivity contribution in [3.8, 4) is 0 Å². The average Bonchev–Trinajstić information content (AvgIpc) is 2.78. The molecule has 3 nitrogen and oxygen atoms in total. The molecular formula is C13H22N2O. The first-order valence-electron chi connectivity index (χ1n) is 6.76. The summed E-state index contributed by atoms with van der Waals surface area (Å²) in [6.07, 6.45) is 7.35. The van der Waals surface area contributed by atoms with Crippen LogP contribution in [0.3, 0.4) is 0 Å². The summed E-state index contributed by atoms with van der Waals surface area (Å²) in [5.74, 6) is 0.561. The molecule has 2 saturated heterocycles. The Morgan fingerprint density at radius 2 is 2.25 bits per heavy atom. The molecule has 0 spiro atoms. The number of fused-ring (bicyclic) bond motifs is 2. The number of hydrogen-bond donors (Lipinski definition) is 2. The van der Waals surface area contributed by atoms with Gasteiger partial charge in [0.2, 0.25) is 5.91 Å². The van der Waals surface area contributed by atoms with Crippen molar-refractivity contribution in [2.24, 2.45) is 11.3 Å². The van der Waals surface area contributed by atoms with Gasteiger partial charge in [-0.1, -0.05) is 6.92 Å². The van der Waals surface area contributed by atoms with Gasteiger partial charge in [-0.25, -0.2) is 0 Å². The fourth-order valence-corrected chi connectivity index (χ4v) is 3.35. The minimum atomic E-state index is 0.256. The third kappa shape index (κ3) is 1.75. The molecule has 0 aromatic heterocycles. The van der Waals surface area contributed by atoms with Crippen molar-refractivity contribution in [1.29, 1.82) is 0 Å². The number of hydrogen-bond acceptors (Lipinski definition) is 2. The van der Waals surface area contributed by atoms with E-state index in [0.29, 0.717) is 23.4 Å². The first kappa shape index (κ1) is 10.6. The van der Waals surface area contributed by atoms with Gasteiger partial charge < -0.3 is 10.6 Å². The second-order valence-corrected chi connectivity index (χ2v) is 5.96. The quantitative estimate of drug-likeness (QED) is 0.755. The molecule has 90 valence electrons. The van der Waals surface area contributed by atoms with Gasteiger partial charge in [-0.3, -0.25) is 4.79 Å². The topological polar surface area (TPSA) is 41.1 Å². The van der Waals surface area contributed by atoms with Crippen molar-refractivity contribution < 1.29 is 4.79 Å². The predicted octanol–water partition coefficient (Wildman–Crippen LogP) is 1.43. The lowest BCUT2D eigenvalue weighted by atomic mass is 9.88. The maximum Gasteiger partial charge on any atom is 0.224 e. The van der Waals surface area contributed by atoms with Crippen LogP contribution in [0.4, 0.5) is 0 Å². The summed E-state index contributed by atoms with van der Waals surface area (Å²) < 4.78 is 0. The largest absolute Gasteiger partial charge is 0.355 e. The Bertz CT molecular complexity index is 298. The standard InChI is InChI=1S/C13H22N2O/c1-2-13(5-6-13)8-14-12(16)10-7-9-3-4-11(10)15-9/h9-11,15H,2-8H2,1H3,(H,14,16). The first-order chi connectivity index (χ1) is 7.72. The summed E-state index contributed by atoms with van der Waals surface area (Å²) in [4.78, 5) is 12.1. The van der Waals surface area contributed by atoms with E-state index >= 15 is 0 Å². The molecule has 3 heteroatoms. The van der Waals surface area contributed by atoms with Crippen LogP contribution in [0.5, 0.6) is 0 Å². The molecule has 1 saturated carbocycles. The maximum absolute atomic E-state index is 12.1. The highest BCUT2D eigenvalue weighted by Crippen LogP contribution is 2.48. The normalized spacial score (nSPS) is 38.7. The molecule has 0 aromatic carbocycles. The van der Waals surface area contributed by atoms with E-state index in [4.69, 9.17) is 0 Å². The lowest BCUT2D eigenvalue weighted by molar-refractivity contribution is -0.125. The van der Waals surface area contributed by atoms with Gasteiger partial charge >= 0.3 is 0 Å². The highest BCUT2D eigenvalue weighted by atomic mass is 16.2. The monoisotopic (exact) mass is 222 g/mol. The summed E-state index contributed by atoms with van der Waals surface area (Å²) in [5.41, 5.74) is 0.473. The van der Waals surface area contributed by atoms with E-state index in [1.54, 1.807) is 0 Å². The average molecular weight is 222 g/mol. The van der Waals surface area contributed by atoms with Crippen molar-refractivity contribution >= 4 is 5.91 Å². The minimum Gasteiger partial charge on any atom is -0.355 e. The number of nitrogens with one attached hydrogen (secondary N) is 2. The van der Waals surface area contributed by atoms with Crippen molar-refractivity contribution in [2.45, 2.75) is 57.5 Å². The van der Waals surface area contributed by atoms with Crippen LogP contribution in [0.15, 0.2) is 0 Å². The van der Waals surface area contributed by atoms with Crippen LogP contribution in [0, 0.1) is 11.3 Å².